The Morgan fingerprint density at radius 2 is 1.82 bits per heavy atom. The molecule has 0 unspecified atom stereocenters. The molecule has 0 aliphatic heterocycles. The van der Waals surface area contributed by atoms with Crippen molar-refractivity contribution in [3.63, 3.8) is 0 Å². The van der Waals surface area contributed by atoms with Crippen LogP contribution in [-0.4, -0.2) is 25.2 Å². The molecular weight excluding hydrogens is 243 g/mol. The van der Waals surface area contributed by atoms with Gasteiger partial charge in [-0.25, -0.2) is 0 Å². The summed E-state index contributed by atoms with van der Waals surface area (Å²) >= 11 is 0. The summed E-state index contributed by atoms with van der Waals surface area (Å²) in [5.74, 6) is -0.870. The van der Waals surface area contributed by atoms with Gasteiger partial charge in [-0.3, -0.25) is 0 Å². The van der Waals surface area contributed by atoms with Gasteiger partial charge in [0.2, 0.25) is 0 Å². The van der Waals surface area contributed by atoms with Crippen molar-refractivity contribution in [3.8, 4) is 5.63 Å². The number of carbonyl (C=O) groups is 2. The molecule has 0 aliphatic carbocycles. The van der Waals surface area contributed by atoms with Gasteiger partial charge in [0.05, 0.1) is 0 Å². The Labute approximate surface area is 101 Å². The Bertz CT molecular complexity index is 357. The minimum absolute atomic E-state index is 0.0675. The minimum atomic E-state index is -0.438. The van der Waals surface area contributed by atoms with Crippen molar-refractivity contribution >= 4 is 19.9 Å². The van der Waals surface area contributed by atoms with E-state index < -0.39 is 11.9 Å². The third-order valence-electron chi connectivity index (χ3n) is 1.75. The second-order valence-electron chi connectivity index (χ2n) is 3.08. The van der Waals surface area contributed by atoms with Crippen LogP contribution >= 0.6 is 7.92 Å². The Morgan fingerprint density at radius 3 is 2.41 bits per heavy atom. The van der Waals surface area contributed by atoms with Crippen LogP contribution < -0.4 is 0 Å². The first-order valence-corrected chi connectivity index (χ1v) is 6.02. The Kier molecular flexibility index (Phi) is 10.3. The van der Waals surface area contributed by atoms with Crippen molar-refractivity contribution < 1.29 is 23.6 Å². The molecule has 0 spiro atoms. The van der Waals surface area contributed by atoms with Crippen molar-refractivity contribution in [2.75, 3.05) is 13.2 Å². The van der Waals surface area contributed by atoms with E-state index in [-0.39, 0.29) is 14.3 Å². The molecule has 0 N–H and O–H groups in total. The Hall–Kier alpha value is -1.31. The number of hydrogen-bond acceptors (Lipinski definition) is 5. The summed E-state index contributed by atoms with van der Waals surface area (Å²) in [5, 5.41) is 0. The monoisotopic (exact) mass is 258 g/mol. The molecule has 0 bridgehead atoms. The van der Waals surface area contributed by atoms with Crippen LogP contribution in [0.25, 0.3) is 0 Å². The van der Waals surface area contributed by atoms with Crippen molar-refractivity contribution in [2.45, 2.75) is 25.7 Å². The Balaban J connectivity index is 3.31. The van der Waals surface area contributed by atoms with Crippen molar-refractivity contribution in [3.05, 3.63) is 12.7 Å². The van der Waals surface area contributed by atoms with Gasteiger partial charge in [-0.15, -0.1) is 0 Å². The predicted molar refractivity (Wildman–Crippen MR) is 62.1 cm³/mol. The molecule has 0 amide bonds. The summed E-state index contributed by atoms with van der Waals surface area (Å²) in [5.41, 5.74) is 2.30. The van der Waals surface area contributed by atoms with Gasteiger partial charge in [0.1, 0.15) is 0 Å². The van der Waals surface area contributed by atoms with E-state index in [4.69, 9.17) is 9.47 Å². The molecule has 0 saturated carbocycles. The molecule has 0 saturated heterocycles. The molecule has 0 rings (SSSR count). The molecule has 94 valence electrons. The quantitative estimate of drug-likeness (QED) is 0.288. The molecule has 5 nitrogen and oxygen atoms in total. The summed E-state index contributed by atoms with van der Waals surface area (Å²) in [4.78, 5) is 21.6. The Morgan fingerprint density at radius 1 is 1.18 bits per heavy atom. The van der Waals surface area contributed by atoms with Crippen LogP contribution in [0, 0.1) is 5.63 Å². The molecule has 0 atom stereocenters. The van der Waals surface area contributed by atoms with Crippen LogP contribution in [0.3, 0.4) is 0 Å². The number of carbonyl (C=O) groups excluding carboxylic acids is 2. The summed E-state index contributed by atoms with van der Waals surface area (Å²) in [7, 11) is -0.288. The molecule has 0 aromatic rings. The molecule has 0 aromatic carbocycles. The van der Waals surface area contributed by atoms with E-state index in [1.807, 2.05) is 0 Å². The van der Waals surface area contributed by atoms with E-state index in [1.165, 1.54) is 0 Å². The van der Waals surface area contributed by atoms with Crippen LogP contribution in [-0.2, 0) is 23.6 Å². The van der Waals surface area contributed by atoms with E-state index in [1.54, 1.807) is 0 Å². The summed E-state index contributed by atoms with van der Waals surface area (Å²) < 4.78 is 19.6. The number of rotatable bonds is 8. The standard InChI is InChI=1S/C11H15O5P/c1-2-10(12)15-7-4-3-5-8-16-11(13)6-9-17-14/h2H,1,3-8H2. The van der Waals surface area contributed by atoms with Crippen molar-refractivity contribution in [1.82, 2.24) is 0 Å². The molecule has 17 heavy (non-hydrogen) atoms. The van der Waals surface area contributed by atoms with E-state index >= 15 is 0 Å². The van der Waals surface area contributed by atoms with Gasteiger partial charge >= 0.3 is 94.1 Å². The number of hydrogen-bond donors (Lipinski definition) is 0. The van der Waals surface area contributed by atoms with Gasteiger partial charge in [0, 0.05) is 0 Å². The van der Waals surface area contributed by atoms with Crippen LogP contribution in [0.4, 0.5) is 0 Å². The molecule has 0 aliphatic rings. The third kappa shape index (κ3) is 11.0. The average molecular weight is 258 g/mol. The zero-order valence-corrected chi connectivity index (χ0v) is 10.4. The molecule has 0 heterocycles. The maximum atomic E-state index is 10.9. The summed E-state index contributed by atoms with van der Waals surface area (Å²) in [6.07, 6.45) is 3.26. The van der Waals surface area contributed by atoms with Gasteiger partial charge in [-0.05, 0) is 0 Å². The zero-order valence-electron chi connectivity index (χ0n) is 9.52. The predicted octanol–water partition coefficient (Wildman–Crippen LogP) is 2.07. The first kappa shape index (κ1) is 15.7. The second-order valence-corrected chi connectivity index (χ2v) is 3.58. The third-order valence-corrected chi connectivity index (χ3v) is 2.04. The zero-order chi connectivity index (χ0) is 12.9. The fraction of sp³-hybridized carbons (Fsp3) is 0.545. The average Bonchev–Trinajstić information content (AvgIpc) is 2.34. The normalized spacial score (nSPS) is 8.94. The fourth-order valence-electron chi connectivity index (χ4n) is 0.946. The first-order valence-electron chi connectivity index (χ1n) is 5.20. The topological polar surface area (TPSA) is 69.7 Å². The number of ether oxygens (including phenoxy) is 2. The van der Waals surface area contributed by atoms with Crippen LogP contribution in [0.1, 0.15) is 25.7 Å². The van der Waals surface area contributed by atoms with E-state index in [0.29, 0.717) is 26.1 Å². The van der Waals surface area contributed by atoms with Gasteiger partial charge in [0.15, 0.2) is 0 Å². The van der Waals surface area contributed by atoms with E-state index in [0.717, 1.165) is 12.5 Å². The van der Waals surface area contributed by atoms with Crippen LogP contribution in [0.2, 0.25) is 0 Å². The maximum absolute atomic E-state index is 10.9. The SMILES string of the molecule is C=CC(=O)OCCCCCOC(=O)CC#P=O. The van der Waals surface area contributed by atoms with Gasteiger partial charge in [-0.1, -0.05) is 6.58 Å². The van der Waals surface area contributed by atoms with Crippen LogP contribution in [0.15, 0.2) is 12.7 Å². The van der Waals surface area contributed by atoms with Crippen molar-refractivity contribution in [2.24, 2.45) is 0 Å². The molecule has 0 aromatic heterocycles. The first-order chi connectivity index (χ1) is 8.20. The van der Waals surface area contributed by atoms with E-state index in [2.05, 4.69) is 12.2 Å². The van der Waals surface area contributed by atoms with Crippen LogP contribution in [0.5, 0.6) is 0 Å². The molecular formula is C11H15O5P. The summed E-state index contributed by atoms with van der Waals surface area (Å²) in [6, 6.07) is 0. The second kappa shape index (κ2) is 11.2. The van der Waals surface area contributed by atoms with Gasteiger partial charge < -0.3 is 0 Å². The van der Waals surface area contributed by atoms with E-state index in [9.17, 15) is 14.2 Å². The molecule has 6 heteroatoms. The van der Waals surface area contributed by atoms with Gasteiger partial charge in [0.25, 0.3) is 0 Å². The molecule has 0 fully saturated rings. The van der Waals surface area contributed by atoms with Crippen molar-refractivity contribution in [1.29, 1.82) is 0 Å². The summed E-state index contributed by atoms with van der Waals surface area (Å²) in [6.45, 7) is 3.93. The van der Waals surface area contributed by atoms with Gasteiger partial charge in [-0.2, -0.15) is 0 Å². The number of esters is 2. The molecule has 0 radical (unpaired) electrons. The number of unbranched alkanes of at least 4 members (excludes halogenated alkanes) is 2. The fourth-order valence-corrected chi connectivity index (χ4v) is 1.14.